The summed E-state index contributed by atoms with van der Waals surface area (Å²) in [6.07, 6.45) is 5.19. The number of aliphatic carboxylic acids is 1. The number of nitrogens with one attached hydrogen (secondary N) is 1. The Morgan fingerprint density at radius 3 is 2.60 bits per heavy atom. The van der Waals surface area contributed by atoms with Gasteiger partial charge in [0, 0.05) is 19.1 Å². The van der Waals surface area contributed by atoms with Crippen molar-refractivity contribution in [2.24, 2.45) is 0 Å². The van der Waals surface area contributed by atoms with Crippen molar-refractivity contribution in [1.29, 1.82) is 0 Å². The summed E-state index contributed by atoms with van der Waals surface area (Å²) in [5.74, 6) is -0.749. The van der Waals surface area contributed by atoms with Crippen LogP contribution in [0.4, 0.5) is 0 Å². The smallest absolute Gasteiger partial charge is 0.324 e. The van der Waals surface area contributed by atoms with E-state index in [0.29, 0.717) is 19.1 Å². The Kier molecular flexibility index (Phi) is 5.41. The van der Waals surface area contributed by atoms with Crippen molar-refractivity contribution in [1.82, 2.24) is 15.1 Å². The summed E-state index contributed by atoms with van der Waals surface area (Å²) in [7, 11) is 0. The van der Waals surface area contributed by atoms with Gasteiger partial charge in [0.05, 0.1) is 0 Å². The molecule has 0 aromatic carbocycles. The van der Waals surface area contributed by atoms with Gasteiger partial charge in [-0.3, -0.25) is 14.6 Å². The summed E-state index contributed by atoms with van der Waals surface area (Å²) < 4.78 is 0. The molecular formula is C15H29N3O2. The van der Waals surface area contributed by atoms with Crippen LogP contribution in [-0.4, -0.2) is 71.7 Å². The highest BCUT2D eigenvalue weighted by atomic mass is 16.4. The average Bonchev–Trinajstić information content (AvgIpc) is 2.88. The molecule has 0 aromatic heterocycles. The summed E-state index contributed by atoms with van der Waals surface area (Å²) >= 11 is 0. The Morgan fingerprint density at radius 2 is 2.00 bits per heavy atom. The molecule has 5 heteroatoms. The summed E-state index contributed by atoms with van der Waals surface area (Å²) in [6.45, 7) is 9.54. The van der Waals surface area contributed by atoms with E-state index in [1.54, 1.807) is 6.92 Å². The maximum Gasteiger partial charge on any atom is 0.324 e. The molecule has 116 valence electrons. The van der Waals surface area contributed by atoms with E-state index in [4.69, 9.17) is 0 Å². The summed E-state index contributed by atoms with van der Waals surface area (Å²) in [4.78, 5) is 16.4. The normalized spacial score (nSPS) is 28.4. The van der Waals surface area contributed by atoms with Gasteiger partial charge in [-0.15, -0.1) is 0 Å². The van der Waals surface area contributed by atoms with Crippen molar-refractivity contribution in [2.45, 2.75) is 51.1 Å². The molecule has 0 saturated carbocycles. The van der Waals surface area contributed by atoms with E-state index in [0.717, 1.165) is 13.1 Å². The fourth-order valence-electron chi connectivity index (χ4n) is 3.57. The number of nitrogens with zero attached hydrogens (tertiary/aromatic N) is 2. The zero-order valence-corrected chi connectivity index (χ0v) is 12.9. The fourth-order valence-corrected chi connectivity index (χ4v) is 3.57. The van der Waals surface area contributed by atoms with Gasteiger partial charge < -0.3 is 10.4 Å². The van der Waals surface area contributed by atoms with Crippen LogP contribution in [0, 0.1) is 0 Å². The van der Waals surface area contributed by atoms with Crippen LogP contribution in [0.1, 0.15) is 39.5 Å². The summed E-state index contributed by atoms with van der Waals surface area (Å²) in [6, 6.07) is 0.634. The molecule has 2 heterocycles. The van der Waals surface area contributed by atoms with Crippen LogP contribution in [0.3, 0.4) is 0 Å². The van der Waals surface area contributed by atoms with Gasteiger partial charge in [0.2, 0.25) is 0 Å². The van der Waals surface area contributed by atoms with Crippen molar-refractivity contribution in [3.05, 3.63) is 0 Å². The van der Waals surface area contributed by atoms with E-state index in [1.807, 2.05) is 6.92 Å². The van der Waals surface area contributed by atoms with E-state index in [-0.39, 0.29) is 0 Å². The number of hydrogen-bond acceptors (Lipinski definition) is 4. The highest BCUT2D eigenvalue weighted by Gasteiger charge is 2.37. The van der Waals surface area contributed by atoms with Gasteiger partial charge in [0.25, 0.3) is 0 Å². The number of likely N-dealkylation sites (N-methyl/N-ethyl adjacent to an activating group) is 1. The molecule has 2 aliphatic rings. The number of hydrogen-bond donors (Lipinski definition) is 2. The van der Waals surface area contributed by atoms with E-state index in [9.17, 15) is 9.90 Å². The zero-order valence-electron chi connectivity index (χ0n) is 12.9. The first-order valence-electron chi connectivity index (χ1n) is 8.00. The minimum absolute atomic E-state index is 0.598. The van der Waals surface area contributed by atoms with Crippen LogP contribution in [0.2, 0.25) is 0 Å². The molecule has 0 bridgehead atoms. The number of likely N-dealkylation sites (tertiary alicyclic amines) is 2. The maximum absolute atomic E-state index is 11.5. The van der Waals surface area contributed by atoms with Gasteiger partial charge in [0.15, 0.2) is 0 Å². The number of carboxylic acid groups (broad SMARTS) is 1. The van der Waals surface area contributed by atoms with Crippen LogP contribution in [-0.2, 0) is 4.79 Å². The molecule has 2 rings (SSSR count). The van der Waals surface area contributed by atoms with Crippen molar-refractivity contribution in [3.63, 3.8) is 0 Å². The van der Waals surface area contributed by atoms with Crippen LogP contribution in [0.25, 0.3) is 0 Å². The quantitative estimate of drug-likeness (QED) is 0.761. The molecule has 20 heavy (non-hydrogen) atoms. The lowest BCUT2D eigenvalue weighted by atomic mass is 10.0. The fraction of sp³-hybridized carbons (Fsp3) is 0.933. The molecule has 2 saturated heterocycles. The second-order valence-electron chi connectivity index (χ2n) is 6.44. The van der Waals surface area contributed by atoms with Crippen molar-refractivity contribution in [3.8, 4) is 0 Å². The topological polar surface area (TPSA) is 55.8 Å². The molecule has 2 atom stereocenters. The minimum Gasteiger partial charge on any atom is -0.480 e. The molecule has 0 spiro atoms. The van der Waals surface area contributed by atoms with Gasteiger partial charge in [-0.25, -0.2) is 0 Å². The second kappa shape index (κ2) is 6.87. The number of rotatable bonds is 6. The summed E-state index contributed by atoms with van der Waals surface area (Å²) in [5, 5.41) is 12.6. The van der Waals surface area contributed by atoms with E-state index in [1.165, 1.54) is 38.8 Å². The van der Waals surface area contributed by atoms with Crippen molar-refractivity contribution in [2.75, 3.05) is 39.3 Å². The van der Waals surface area contributed by atoms with Gasteiger partial charge in [-0.05, 0) is 52.4 Å². The Hall–Kier alpha value is -0.650. The Labute approximate surface area is 122 Å². The van der Waals surface area contributed by atoms with E-state index < -0.39 is 11.5 Å². The third kappa shape index (κ3) is 3.71. The molecule has 2 fully saturated rings. The molecule has 2 unspecified atom stereocenters. The van der Waals surface area contributed by atoms with Crippen molar-refractivity contribution < 1.29 is 9.90 Å². The molecular weight excluding hydrogens is 254 g/mol. The lowest BCUT2D eigenvalue weighted by Crippen LogP contribution is -2.56. The first-order chi connectivity index (χ1) is 9.55. The first kappa shape index (κ1) is 15.7. The van der Waals surface area contributed by atoms with Crippen LogP contribution in [0.15, 0.2) is 0 Å². The third-order valence-electron chi connectivity index (χ3n) is 4.73. The lowest BCUT2D eigenvalue weighted by molar-refractivity contribution is -0.144. The Balaban J connectivity index is 1.86. The van der Waals surface area contributed by atoms with E-state index >= 15 is 0 Å². The molecule has 0 aromatic rings. The second-order valence-corrected chi connectivity index (χ2v) is 6.44. The van der Waals surface area contributed by atoms with Gasteiger partial charge >= 0.3 is 5.97 Å². The Bertz CT molecular complexity index is 331. The van der Waals surface area contributed by atoms with Crippen LogP contribution < -0.4 is 5.32 Å². The molecule has 0 aliphatic carbocycles. The van der Waals surface area contributed by atoms with Crippen molar-refractivity contribution >= 4 is 5.97 Å². The number of carbonyl (C=O) groups is 1. The predicted molar refractivity (Wildman–Crippen MR) is 80.0 cm³/mol. The maximum atomic E-state index is 11.5. The molecule has 2 N–H and O–H groups in total. The highest BCUT2D eigenvalue weighted by molar-refractivity contribution is 5.78. The van der Waals surface area contributed by atoms with Gasteiger partial charge in [-0.1, -0.05) is 13.3 Å². The first-order valence-corrected chi connectivity index (χ1v) is 8.00. The van der Waals surface area contributed by atoms with Crippen LogP contribution >= 0.6 is 0 Å². The van der Waals surface area contributed by atoms with E-state index in [2.05, 4.69) is 15.1 Å². The minimum atomic E-state index is -0.828. The molecule has 0 amide bonds. The predicted octanol–water partition coefficient (Wildman–Crippen LogP) is 0.999. The molecule has 2 aliphatic heterocycles. The highest BCUT2D eigenvalue weighted by Crippen LogP contribution is 2.21. The largest absolute Gasteiger partial charge is 0.480 e. The average molecular weight is 283 g/mol. The monoisotopic (exact) mass is 283 g/mol. The summed E-state index contributed by atoms with van der Waals surface area (Å²) in [5.41, 5.74) is -0.828. The molecule has 0 radical (unpaired) electrons. The third-order valence-corrected chi connectivity index (χ3v) is 4.73. The lowest BCUT2D eigenvalue weighted by Gasteiger charge is -2.34. The molecule has 5 nitrogen and oxygen atoms in total. The van der Waals surface area contributed by atoms with Crippen LogP contribution in [0.5, 0.6) is 0 Å². The number of piperidine rings is 1. The Morgan fingerprint density at radius 1 is 1.30 bits per heavy atom. The van der Waals surface area contributed by atoms with Gasteiger partial charge in [0.1, 0.15) is 5.54 Å². The van der Waals surface area contributed by atoms with Gasteiger partial charge in [-0.2, -0.15) is 0 Å². The standard InChI is InChI=1S/C15H29N3O2/c1-3-16-15(2,14(19)20)12-17-10-7-13(11-17)18-8-5-4-6-9-18/h13,16H,3-12H2,1-2H3,(H,19,20). The zero-order chi connectivity index (χ0) is 14.6. The number of carboxylic acids is 1. The SMILES string of the molecule is CCNC(C)(CN1CCC(N2CCCCC2)C1)C(=O)O.